The molecule has 0 unspecified atom stereocenters. The average molecular weight is 317 g/mol. The molecule has 0 bridgehead atoms. The molecule has 0 atom stereocenters. The number of aliphatic carboxylic acids is 1. The van der Waals surface area contributed by atoms with Crippen molar-refractivity contribution < 1.29 is 23.1 Å². The van der Waals surface area contributed by atoms with Crippen LogP contribution in [-0.2, 0) is 23.3 Å². The van der Waals surface area contributed by atoms with Crippen molar-refractivity contribution in [1.82, 2.24) is 14.8 Å². The predicted octanol–water partition coefficient (Wildman–Crippen LogP) is 2.67. The number of carboxylic acid groups (broad SMARTS) is 1. The van der Waals surface area contributed by atoms with E-state index < -0.39 is 17.7 Å². The van der Waals surface area contributed by atoms with E-state index in [-0.39, 0.29) is 6.54 Å². The molecule has 1 heterocycles. The first kappa shape index (κ1) is 15.4. The molecule has 0 radical (unpaired) electrons. The third kappa shape index (κ3) is 4.48. The van der Waals surface area contributed by atoms with Gasteiger partial charge >= 0.3 is 12.1 Å². The van der Waals surface area contributed by atoms with Crippen molar-refractivity contribution in [2.45, 2.75) is 23.6 Å². The van der Waals surface area contributed by atoms with Crippen LogP contribution < -0.4 is 0 Å². The van der Waals surface area contributed by atoms with Gasteiger partial charge in [0, 0.05) is 5.75 Å². The molecular formula is C12H10F3N3O2S. The highest BCUT2D eigenvalue weighted by Crippen LogP contribution is 2.29. The lowest BCUT2D eigenvalue weighted by Gasteiger charge is -2.06. The zero-order valence-electron chi connectivity index (χ0n) is 10.5. The molecular weight excluding hydrogens is 307 g/mol. The van der Waals surface area contributed by atoms with Crippen molar-refractivity contribution in [1.29, 1.82) is 0 Å². The van der Waals surface area contributed by atoms with Crippen LogP contribution >= 0.6 is 11.8 Å². The van der Waals surface area contributed by atoms with Crippen LogP contribution in [0, 0.1) is 0 Å². The van der Waals surface area contributed by atoms with Gasteiger partial charge in [-0.1, -0.05) is 23.9 Å². The van der Waals surface area contributed by atoms with Crippen LogP contribution in [-0.4, -0.2) is 25.8 Å². The van der Waals surface area contributed by atoms with Gasteiger partial charge in [-0.2, -0.15) is 13.2 Å². The largest absolute Gasteiger partial charge is 0.480 e. The molecule has 1 aromatic heterocycles. The van der Waals surface area contributed by atoms with Crippen LogP contribution in [0.1, 0.15) is 11.1 Å². The Labute approximate surface area is 121 Å². The molecule has 0 spiro atoms. The second-order valence-corrected chi connectivity index (χ2v) is 5.04. The van der Waals surface area contributed by atoms with Crippen molar-refractivity contribution in [3.05, 3.63) is 41.7 Å². The minimum absolute atomic E-state index is 0.284. The third-order valence-electron chi connectivity index (χ3n) is 2.46. The van der Waals surface area contributed by atoms with Crippen molar-refractivity contribution in [2.24, 2.45) is 0 Å². The van der Waals surface area contributed by atoms with Crippen molar-refractivity contribution in [3.8, 4) is 0 Å². The summed E-state index contributed by atoms with van der Waals surface area (Å²) < 4.78 is 38.4. The zero-order valence-corrected chi connectivity index (χ0v) is 11.4. The summed E-state index contributed by atoms with van der Waals surface area (Å²) in [5, 5.41) is 12.9. The molecule has 1 aromatic carbocycles. The highest BCUT2D eigenvalue weighted by atomic mass is 32.2. The van der Waals surface area contributed by atoms with Crippen molar-refractivity contribution in [2.75, 3.05) is 0 Å². The van der Waals surface area contributed by atoms with Gasteiger partial charge in [-0.15, -0.1) is 5.10 Å². The SMILES string of the molecule is O=C(O)Cn1cnc(SCc2ccc(C(F)(F)F)cc2)n1. The number of rotatable bonds is 5. The van der Waals surface area contributed by atoms with E-state index >= 15 is 0 Å². The number of carbonyl (C=O) groups is 1. The number of benzene rings is 1. The maximum absolute atomic E-state index is 12.4. The molecule has 0 fully saturated rings. The summed E-state index contributed by atoms with van der Waals surface area (Å²) in [5.74, 6) is -0.630. The molecule has 5 nitrogen and oxygen atoms in total. The van der Waals surface area contributed by atoms with E-state index in [0.717, 1.165) is 12.1 Å². The first-order chi connectivity index (χ1) is 9.84. The number of alkyl halides is 3. The lowest BCUT2D eigenvalue weighted by atomic mass is 10.1. The molecule has 0 aliphatic carbocycles. The average Bonchev–Trinajstić information content (AvgIpc) is 2.82. The minimum Gasteiger partial charge on any atom is -0.480 e. The lowest BCUT2D eigenvalue weighted by Crippen LogP contribution is -2.08. The topological polar surface area (TPSA) is 68.0 Å². The molecule has 0 saturated carbocycles. The number of aromatic nitrogens is 3. The van der Waals surface area contributed by atoms with Gasteiger partial charge in [0.2, 0.25) is 5.16 Å². The van der Waals surface area contributed by atoms with Gasteiger partial charge in [0.15, 0.2) is 0 Å². The number of hydrogen-bond donors (Lipinski definition) is 1. The van der Waals surface area contributed by atoms with Gasteiger partial charge in [-0.25, -0.2) is 9.67 Å². The highest BCUT2D eigenvalue weighted by molar-refractivity contribution is 7.98. The molecule has 0 amide bonds. The van der Waals surface area contributed by atoms with E-state index in [9.17, 15) is 18.0 Å². The first-order valence-electron chi connectivity index (χ1n) is 5.75. The van der Waals surface area contributed by atoms with Gasteiger partial charge < -0.3 is 5.11 Å². The Morgan fingerprint density at radius 1 is 1.29 bits per heavy atom. The van der Waals surface area contributed by atoms with Crippen LogP contribution in [0.15, 0.2) is 35.7 Å². The second kappa shape index (κ2) is 6.17. The fourth-order valence-electron chi connectivity index (χ4n) is 1.50. The van der Waals surface area contributed by atoms with Crippen molar-refractivity contribution >= 4 is 17.7 Å². The molecule has 0 aliphatic rings. The summed E-state index contributed by atoms with van der Waals surface area (Å²) in [5.41, 5.74) is 0.00250. The second-order valence-electron chi connectivity index (χ2n) is 4.10. The number of hydrogen-bond acceptors (Lipinski definition) is 4. The van der Waals surface area contributed by atoms with Gasteiger partial charge in [-0.05, 0) is 17.7 Å². The number of carboxylic acids is 1. The van der Waals surface area contributed by atoms with E-state index in [1.54, 1.807) is 0 Å². The fraction of sp³-hybridized carbons (Fsp3) is 0.250. The molecule has 112 valence electrons. The number of thioether (sulfide) groups is 1. The summed E-state index contributed by atoms with van der Waals surface area (Å²) in [7, 11) is 0. The maximum Gasteiger partial charge on any atom is 0.416 e. The lowest BCUT2D eigenvalue weighted by molar-refractivity contribution is -0.138. The Bertz CT molecular complexity index is 625. The Hall–Kier alpha value is -2.03. The van der Waals surface area contributed by atoms with E-state index in [0.29, 0.717) is 16.5 Å². The van der Waals surface area contributed by atoms with Gasteiger partial charge in [0.25, 0.3) is 0 Å². The van der Waals surface area contributed by atoms with Gasteiger partial charge in [0.05, 0.1) is 5.56 Å². The van der Waals surface area contributed by atoms with Gasteiger partial charge in [-0.3, -0.25) is 4.79 Å². The molecule has 2 aromatic rings. The third-order valence-corrected chi connectivity index (χ3v) is 3.38. The predicted molar refractivity (Wildman–Crippen MR) is 68.7 cm³/mol. The van der Waals surface area contributed by atoms with Crippen LogP contribution in [0.2, 0.25) is 0 Å². The van der Waals surface area contributed by atoms with Crippen LogP contribution in [0.25, 0.3) is 0 Å². The molecule has 2 rings (SSSR count). The summed E-state index contributed by atoms with van der Waals surface area (Å²) in [6.45, 7) is -0.284. The summed E-state index contributed by atoms with van der Waals surface area (Å²) >= 11 is 1.22. The summed E-state index contributed by atoms with van der Waals surface area (Å²) in [6.07, 6.45) is -3.05. The zero-order chi connectivity index (χ0) is 15.5. The standard InChI is InChI=1S/C12H10F3N3O2S/c13-12(14,15)9-3-1-8(2-4-9)6-21-11-16-7-18(17-11)5-10(19)20/h1-4,7H,5-6H2,(H,19,20). The number of halogens is 3. The molecule has 9 heteroatoms. The Balaban J connectivity index is 1.94. The Kier molecular flexibility index (Phi) is 4.51. The van der Waals surface area contributed by atoms with Crippen LogP contribution in [0.5, 0.6) is 0 Å². The van der Waals surface area contributed by atoms with E-state index in [1.807, 2.05) is 0 Å². The highest BCUT2D eigenvalue weighted by Gasteiger charge is 2.29. The van der Waals surface area contributed by atoms with Crippen LogP contribution in [0.3, 0.4) is 0 Å². The van der Waals surface area contributed by atoms with E-state index in [4.69, 9.17) is 5.11 Å². The Morgan fingerprint density at radius 2 is 1.95 bits per heavy atom. The molecule has 0 saturated heterocycles. The van der Waals surface area contributed by atoms with E-state index in [2.05, 4.69) is 10.1 Å². The number of nitrogens with zero attached hydrogens (tertiary/aromatic N) is 3. The Morgan fingerprint density at radius 3 is 2.52 bits per heavy atom. The molecule has 1 N–H and O–H groups in total. The monoisotopic (exact) mass is 317 g/mol. The van der Waals surface area contributed by atoms with E-state index in [1.165, 1.54) is 34.9 Å². The summed E-state index contributed by atoms with van der Waals surface area (Å²) in [4.78, 5) is 14.4. The fourth-order valence-corrected chi connectivity index (χ4v) is 2.27. The molecule has 21 heavy (non-hydrogen) atoms. The minimum atomic E-state index is -4.34. The first-order valence-corrected chi connectivity index (χ1v) is 6.73. The normalized spacial score (nSPS) is 11.6. The van der Waals surface area contributed by atoms with Crippen LogP contribution in [0.4, 0.5) is 13.2 Å². The van der Waals surface area contributed by atoms with Crippen molar-refractivity contribution in [3.63, 3.8) is 0 Å². The maximum atomic E-state index is 12.4. The quantitative estimate of drug-likeness (QED) is 0.859. The summed E-state index contributed by atoms with van der Waals surface area (Å²) in [6, 6.07) is 4.83. The molecule has 0 aliphatic heterocycles. The van der Waals surface area contributed by atoms with Gasteiger partial charge in [0.1, 0.15) is 12.9 Å². The smallest absolute Gasteiger partial charge is 0.416 e.